The lowest BCUT2D eigenvalue weighted by Gasteiger charge is -2.11. The maximum Gasteiger partial charge on any atom is 0.0315 e. The number of hydrogen-bond acceptors (Lipinski definition) is 2. The summed E-state index contributed by atoms with van der Waals surface area (Å²) in [5.74, 6) is 0.918. The van der Waals surface area contributed by atoms with Gasteiger partial charge in [-0.25, -0.2) is 0 Å². The number of hydrogen-bond donors (Lipinski definition) is 1. The van der Waals surface area contributed by atoms with E-state index in [0.29, 0.717) is 0 Å². The Balaban J connectivity index is 1.75. The molecule has 0 spiro atoms. The summed E-state index contributed by atoms with van der Waals surface area (Å²) in [6.45, 7) is 4.29. The zero-order valence-electron chi connectivity index (χ0n) is 9.50. The highest BCUT2D eigenvalue weighted by Gasteiger charge is 2.13. The first-order valence-corrected chi connectivity index (χ1v) is 5.96. The van der Waals surface area contributed by atoms with Crippen molar-refractivity contribution in [2.24, 2.45) is 5.92 Å². The van der Waals surface area contributed by atoms with Crippen molar-refractivity contribution in [3.8, 4) is 0 Å². The molecule has 0 radical (unpaired) electrons. The third kappa shape index (κ3) is 3.03. The highest BCUT2D eigenvalue weighted by atomic mass is 14.9. The molecule has 0 bridgehead atoms. The van der Waals surface area contributed by atoms with Crippen LogP contribution in [-0.2, 0) is 6.54 Å². The van der Waals surface area contributed by atoms with Gasteiger partial charge in [0.2, 0.25) is 0 Å². The molecule has 15 heavy (non-hydrogen) atoms. The van der Waals surface area contributed by atoms with Crippen LogP contribution in [0.2, 0.25) is 0 Å². The number of rotatable bonds is 4. The van der Waals surface area contributed by atoms with Gasteiger partial charge in [0.05, 0.1) is 0 Å². The molecular weight excluding hydrogens is 184 g/mol. The minimum absolute atomic E-state index is 0.918. The lowest BCUT2D eigenvalue weighted by atomic mass is 10.1. The first kappa shape index (κ1) is 10.6. The van der Waals surface area contributed by atoms with E-state index >= 15 is 0 Å². The van der Waals surface area contributed by atoms with Crippen LogP contribution in [0, 0.1) is 12.8 Å². The third-order valence-corrected chi connectivity index (χ3v) is 3.37. The van der Waals surface area contributed by atoms with Crippen LogP contribution in [0.4, 0.5) is 0 Å². The van der Waals surface area contributed by atoms with Crippen LogP contribution in [0.15, 0.2) is 18.5 Å². The molecule has 2 rings (SSSR count). The summed E-state index contributed by atoms with van der Waals surface area (Å²) in [7, 11) is 0. The minimum Gasteiger partial charge on any atom is -0.312 e. The maximum absolute atomic E-state index is 4.16. The Kier molecular flexibility index (Phi) is 3.73. The predicted molar refractivity (Wildman–Crippen MR) is 62.6 cm³/mol. The van der Waals surface area contributed by atoms with Crippen molar-refractivity contribution in [1.82, 2.24) is 10.3 Å². The van der Waals surface area contributed by atoms with Crippen molar-refractivity contribution in [2.75, 3.05) is 6.54 Å². The molecule has 1 aliphatic carbocycles. The summed E-state index contributed by atoms with van der Waals surface area (Å²) in [4.78, 5) is 4.16. The summed E-state index contributed by atoms with van der Waals surface area (Å²) in [5.41, 5.74) is 2.67. The van der Waals surface area contributed by atoms with Crippen LogP contribution < -0.4 is 5.32 Å². The van der Waals surface area contributed by atoms with E-state index < -0.39 is 0 Å². The Morgan fingerprint density at radius 1 is 1.40 bits per heavy atom. The van der Waals surface area contributed by atoms with E-state index in [0.717, 1.165) is 12.5 Å². The van der Waals surface area contributed by atoms with Crippen LogP contribution in [0.1, 0.15) is 36.8 Å². The molecule has 2 heteroatoms. The van der Waals surface area contributed by atoms with E-state index in [1.807, 2.05) is 12.4 Å². The van der Waals surface area contributed by atoms with Gasteiger partial charge in [-0.05, 0) is 49.4 Å². The molecule has 0 aliphatic heterocycles. The van der Waals surface area contributed by atoms with Crippen LogP contribution >= 0.6 is 0 Å². The van der Waals surface area contributed by atoms with Gasteiger partial charge in [0.1, 0.15) is 0 Å². The first-order valence-electron chi connectivity index (χ1n) is 5.96. The zero-order chi connectivity index (χ0) is 10.5. The normalized spacial score (nSPS) is 17.1. The SMILES string of the molecule is Cc1ccncc1CNCC1CCCC1. The summed E-state index contributed by atoms with van der Waals surface area (Å²) >= 11 is 0. The Hall–Kier alpha value is -0.890. The Labute approximate surface area is 92.1 Å². The molecule has 1 aromatic rings. The van der Waals surface area contributed by atoms with Crippen LogP contribution in [-0.4, -0.2) is 11.5 Å². The van der Waals surface area contributed by atoms with Gasteiger partial charge in [-0.3, -0.25) is 4.98 Å². The molecule has 82 valence electrons. The Morgan fingerprint density at radius 3 is 2.93 bits per heavy atom. The summed E-state index contributed by atoms with van der Waals surface area (Å²) < 4.78 is 0. The Morgan fingerprint density at radius 2 is 2.20 bits per heavy atom. The van der Waals surface area contributed by atoms with Gasteiger partial charge >= 0.3 is 0 Å². The van der Waals surface area contributed by atoms with E-state index in [1.54, 1.807) is 0 Å². The highest BCUT2D eigenvalue weighted by molar-refractivity contribution is 5.20. The molecule has 1 saturated carbocycles. The molecule has 1 aliphatic rings. The molecule has 2 nitrogen and oxygen atoms in total. The molecule has 0 amide bonds. The quantitative estimate of drug-likeness (QED) is 0.815. The topological polar surface area (TPSA) is 24.9 Å². The number of nitrogens with one attached hydrogen (secondary N) is 1. The molecule has 1 aromatic heterocycles. The molecular formula is C13H20N2. The van der Waals surface area contributed by atoms with E-state index in [-0.39, 0.29) is 0 Å². The molecule has 1 fully saturated rings. The molecule has 1 heterocycles. The first-order chi connectivity index (χ1) is 7.36. The van der Waals surface area contributed by atoms with E-state index in [9.17, 15) is 0 Å². The van der Waals surface area contributed by atoms with Crippen molar-refractivity contribution in [1.29, 1.82) is 0 Å². The summed E-state index contributed by atoms with van der Waals surface area (Å²) in [6.07, 6.45) is 9.52. The lowest BCUT2D eigenvalue weighted by molar-refractivity contribution is 0.488. The maximum atomic E-state index is 4.16. The fraction of sp³-hybridized carbons (Fsp3) is 0.615. The fourth-order valence-electron chi connectivity index (χ4n) is 2.31. The molecule has 0 saturated heterocycles. The third-order valence-electron chi connectivity index (χ3n) is 3.37. The van der Waals surface area contributed by atoms with Gasteiger partial charge in [-0.15, -0.1) is 0 Å². The van der Waals surface area contributed by atoms with Gasteiger partial charge in [0.15, 0.2) is 0 Å². The van der Waals surface area contributed by atoms with E-state index in [1.165, 1.54) is 43.4 Å². The minimum atomic E-state index is 0.918. The molecule has 0 unspecified atom stereocenters. The second kappa shape index (κ2) is 5.26. The van der Waals surface area contributed by atoms with E-state index in [4.69, 9.17) is 0 Å². The smallest absolute Gasteiger partial charge is 0.0315 e. The number of aromatic nitrogens is 1. The zero-order valence-corrected chi connectivity index (χ0v) is 9.50. The number of pyridine rings is 1. The van der Waals surface area contributed by atoms with Crippen molar-refractivity contribution in [2.45, 2.75) is 39.2 Å². The van der Waals surface area contributed by atoms with Crippen molar-refractivity contribution >= 4 is 0 Å². The second-order valence-electron chi connectivity index (χ2n) is 4.58. The van der Waals surface area contributed by atoms with Gasteiger partial charge < -0.3 is 5.32 Å². The summed E-state index contributed by atoms with van der Waals surface area (Å²) in [6, 6.07) is 2.08. The molecule has 0 aromatic carbocycles. The summed E-state index contributed by atoms with van der Waals surface area (Å²) in [5, 5.41) is 3.54. The van der Waals surface area contributed by atoms with Gasteiger partial charge in [0.25, 0.3) is 0 Å². The Bertz CT molecular complexity index is 303. The average molecular weight is 204 g/mol. The number of aryl methyl sites for hydroxylation is 1. The monoisotopic (exact) mass is 204 g/mol. The number of nitrogens with zero attached hydrogens (tertiary/aromatic N) is 1. The highest BCUT2D eigenvalue weighted by Crippen LogP contribution is 2.23. The second-order valence-corrected chi connectivity index (χ2v) is 4.58. The van der Waals surface area contributed by atoms with Gasteiger partial charge in [-0.2, -0.15) is 0 Å². The van der Waals surface area contributed by atoms with Crippen LogP contribution in [0.3, 0.4) is 0 Å². The van der Waals surface area contributed by atoms with Crippen LogP contribution in [0.5, 0.6) is 0 Å². The average Bonchev–Trinajstić information content (AvgIpc) is 2.74. The largest absolute Gasteiger partial charge is 0.312 e. The standard InChI is InChI=1S/C13H20N2/c1-11-6-7-14-9-13(11)10-15-8-12-4-2-3-5-12/h6-7,9,12,15H,2-5,8,10H2,1H3. The lowest BCUT2D eigenvalue weighted by Crippen LogP contribution is -2.21. The molecule has 0 atom stereocenters. The van der Waals surface area contributed by atoms with Gasteiger partial charge in [0, 0.05) is 18.9 Å². The van der Waals surface area contributed by atoms with Crippen molar-refractivity contribution in [3.63, 3.8) is 0 Å². The van der Waals surface area contributed by atoms with Gasteiger partial charge in [-0.1, -0.05) is 12.8 Å². The molecule has 1 N–H and O–H groups in total. The predicted octanol–water partition coefficient (Wildman–Crippen LogP) is 2.67. The van der Waals surface area contributed by atoms with Crippen molar-refractivity contribution < 1.29 is 0 Å². The van der Waals surface area contributed by atoms with Crippen LogP contribution in [0.25, 0.3) is 0 Å². The van der Waals surface area contributed by atoms with Crippen molar-refractivity contribution in [3.05, 3.63) is 29.6 Å². The van der Waals surface area contributed by atoms with E-state index in [2.05, 4.69) is 23.3 Å². The fourth-order valence-corrected chi connectivity index (χ4v) is 2.31.